The van der Waals surface area contributed by atoms with Crippen LogP contribution in [-0.2, 0) is 7.05 Å². The van der Waals surface area contributed by atoms with Gasteiger partial charge in [-0.05, 0) is 0 Å². The van der Waals surface area contributed by atoms with E-state index in [9.17, 15) is 4.79 Å². The Labute approximate surface area is 90.7 Å². The Hall–Kier alpha value is -2.62. The number of H-pyrrole nitrogens is 1. The SMILES string of the molecule is Cn1cc(C#N)c(NC(=O)c2cn[nH]c2)n1. The first-order chi connectivity index (χ1) is 7.70. The smallest absolute Gasteiger partial charge is 0.260 e. The third-order valence-electron chi connectivity index (χ3n) is 1.94. The van der Waals surface area contributed by atoms with Gasteiger partial charge in [-0.2, -0.15) is 15.5 Å². The molecule has 7 nitrogen and oxygen atoms in total. The van der Waals surface area contributed by atoms with E-state index < -0.39 is 0 Å². The van der Waals surface area contributed by atoms with Crippen molar-refractivity contribution in [2.24, 2.45) is 7.05 Å². The van der Waals surface area contributed by atoms with Gasteiger partial charge in [0.25, 0.3) is 5.91 Å². The molecule has 0 bridgehead atoms. The molecule has 0 aromatic carbocycles. The number of nitrogens with one attached hydrogen (secondary N) is 2. The van der Waals surface area contributed by atoms with Gasteiger partial charge in [0.2, 0.25) is 0 Å². The Morgan fingerprint density at radius 3 is 3.12 bits per heavy atom. The second-order valence-corrected chi connectivity index (χ2v) is 3.12. The maximum absolute atomic E-state index is 11.6. The molecule has 2 heterocycles. The van der Waals surface area contributed by atoms with E-state index in [0.29, 0.717) is 11.1 Å². The number of aryl methyl sites for hydroxylation is 1. The molecular weight excluding hydrogens is 208 g/mol. The Morgan fingerprint density at radius 1 is 1.69 bits per heavy atom. The van der Waals surface area contributed by atoms with Crippen molar-refractivity contribution in [3.63, 3.8) is 0 Å². The number of aromatic amines is 1. The lowest BCUT2D eigenvalue weighted by molar-refractivity contribution is 0.102. The van der Waals surface area contributed by atoms with Crippen LogP contribution in [0, 0.1) is 11.3 Å². The molecule has 0 fully saturated rings. The lowest BCUT2D eigenvalue weighted by atomic mass is 10.3. The van der Waals surface area contributed by atoms with E-state index in [1.807, 2.05) is 6.07 Å². The quantitative estimate of drug-likeness (QED) is 0.752. The second kappa shape index (κ2) is 3.86. The number of hydrogen-bond donors (Lipinski definition) is 2. The van der Waals surface area contributed by atoms with Crippen molar-refractivity contribution in [1.82, 2.24) is 20.0 Å². The number of nitriles is 1. The minimum absolute atomic E-state index is 0.246. The zero-order valence-corrected chi connectivity index (χ0v) is 8.43. The van der Waals surface area contributed by atoms with Crippen molar-refractivity contribution in [1.29, 1.82) is 5.26 Å². The highest BCUT2D eigenvalue weighted by Gasteiger charge is 2.12. The van der Waals surface area contributed by atoms with Gasteiger partial charge in [-0.15, -0.1) is 0 Å². The molecule has 2 N–H and O–H groups in total. The highest BCUT2D eigenvalue weighted by atomic mass is 16.1. The van der Waals surface area contributed by atoms with E-state index in [4.69, 9.17) is 5.26 Å². The Bertz CT molecular complexity index is 547. The van der Waals surface area contributed by atoms with Gasteiger partial charge < -0.3 is 5.32 Å². The average Bonchev–Trinajstić information content (AvgIpc) is 2.87. The van der Waals surface area contributed by atoms with Crippen LogP contribution in [0.15, 0.2) is 18.6 Å². The molecule has 0 aliphatic rings. The molecular formula is C9H8N6O. The number of rotatable bonds is 2. The summed E-state index contributed by atoms with van der Waals surface area (Å²) in [7, 11) is 1.67. The molecule has 0 atom stereocenters. The van der Waals surface area contributed by atoms with Crippen LogP contribution in [0.25, 0.3) is 0 Å². The number of anilines is 1. The van der Waals surface area contributed by atoms with Crippen molar-refractivity contribution in [3.8, 4) is 6.07 Å². The van der Waals surface area contributed by atoms with Crippen LogP contribution in [0.1, 0.15) is 15.9 Å². The molecule has 0 radical (unpaired) electrons. The fourth-order valence-corrected chi connectivity index (χ4v) is 1.22. The number of hydrogen-bond acceptors (Lipinski definition) is 4. The summed E-state index contributed by atoms with van der Waals surface area (Å²) in [6.07, 6.45) is 4.39. The first-order valence-corrected chi connectivity index (χ1v) is 4.44. The predicted molar refractivity (Wildman–Crippen MR) is 54.5 cm³/mol. The highest BCUT2D eigenvalue weighted by molar-refractivity contribution is 6.03. The number of carbonyl (C=O) groups is 1. The van der Waals surface area contributed by atoms with Gasteiger partial charge >= 0.3 is 0 Å². The van der Waals surface area contributed by atoms with Crippen LogP contribution in [-0.4, -0.2) is 25.9 Å². The molecule has 0 aliphatic carbocycles. The van der Waals surface area contributed by atoms with Gasteiger partial charge in [0.05, 0.1) is 11.8 Å². The molecule has 1 amide bonds. The molecule has 0 saturated heterocycles. The number of carbonyl (C=O) groups excluding carboxylic acids is 1. The monoisotopic (exact) mass is 216 g/mol. The first-order valence-electron chi connectivity index (χ1n) is 4.44. The van der Waals surface area contributed by atoms with Gasteiger partial charge in [0, 0.05) is 19.4 Å². The molecule has 2 aromatic rings. The fourth-order valence-electron chi connectivity index (χ4n) is 1.22. The topological polar surface area (TPSA) is 99.4 Å². The lowest BCUT2D eigenvalue weighted by Crippen LogP contribution is -2.12. The van der Waals surface area contributed by atoms with Gasteiger partial charge in [0.1, 0.15) is 11.6 Å². The molecule has 2 rings (SSSR count). The van der Waals surface area contributed by atoms with E-state index in [-0.39, 0.29) is 11.7 Å². The van der Waals surface area contributed by atoms with Gasteiger partial charge in [0.15, 0.2) is 5.82 Å². The molecule has 0 spiro atoms. The minimum Gasteiger partial charge on any atom is -0.304 e. The number of nitrogens with zero attached hydrogens (tertiary/aromatic N) is 4. The molecule has 80 valence electrons. The standard InChI is InChI=1S/C9H8N6O/c1-15-5-6(2-10)8(14-15)13-9(16)7-3-11-12-4-7/h3-5H,1H3,(H,11,12)(H,13,14,16). The molecule has 0 unspecified atom stereocenters. The molecule has 16 heavy (non-hydrogen) atoms. The minimum atomic E-state index is -0.357. The van der Waals surface area contributed by atoms with Gasteiger partial charge in [-0.25, -0.2) is 0 Å². The summed E-state index contributed by atoms with van der Waals surface area (Å²) in [4.78, 5) is 11.6. The van der Waals surface area contributed by atoms with E-state index in [0.717, 1.165) is 0 Å². The molecule has 0 saturated carbocycles. The summed E-state index contributed by atoms with van der Waals surface area (Å²) in [5.74, 6) is -0.111. The van der Waals surface area contributed by atoms with Crippen LogP contribution < -0.4 is 5.32 Å². The molecule has 7 heteroatoms. The molecule has 0 aliphatic heterocycles. The zero-order chi connectivity index (χ0) is 11.5. The Morgan fingerprint density at radius 2 is 2.50 bits per heavy atom. The largest absolute Gasteiger partial charge is 0.304 e. The van der Waals surface area contributed by atoms with Crippen molar-refractivity contribution < 1.29 is 4.79 Å². The third-order valence-corrected chi connectivity index (χ3v) is 1.94. The average molecular weight is 216 g/mol. The maximum atomic E-state index is 11.6. The van der Waals surface area contributed by atoms with E-state index >= 15 is 0 Å². The maximum Gasteiger partial charge on any atom is 0.260 e. The zero-order valence-electron chi connectivity index (χ0n) is 8.43. The van der Waals surface area contributed by atoms with Crippen molar-refractivity contribution in [2.75, 3.05) is 5.32 Å². The second-order valence-electron chi connectivity index (χ2n) is 3.12. The van der Waals surface area contributed by atoms with Crippen molar-refractivity contribution in [2.45, 2.75) is 0 Å². The van der Waals surface area contributed by atoms with Crippen LogP contribution in [0.2, 0.25) is 0 Å². The molecule has 2 aromatic heterocycles. The van der Waals surface area contributed by atoms with Crippen LogP contribution in [0.5, 0.6) is 0 Å². The van der Waals surface area contributed by atoms with E-state index in [2.05, 4.69) is 20.6 Å². The van der Waals surface area contributed by atoms with Crippen LogP contribution >= 0.6 is 0 Å². The highest BCUT2D eigenvalue weighted by Crippen LogP contribution is 2.11. The van der Waals surface area contributed by atoms with Crippen molar-refractivity contribution in [3.05, 3.63) is 29.7 Å². The normalized spacial score (nSPS) is 9.75. The summed E-state index contributed by atoms with van der Waals surface area (Å²) >= 11 is 0. The summed E-state index contributed by atoms with van der Waals surface area (Å²) in [6, 6.07) is 1.95. The predicted octanol–water partition coefficient (Wildman–Crippen LogP) is 0.267. The first kappa shape index (κ1) is 9.92. The third kappa shape index (κ3) is 1.76. The summed E-state index contributed by atoms with van der Waals surface area (Å²) < 4.78 is 1.46. The van der Waals surface area contributed by atoms with Crippen LogP contribution in [0.3, 0.4) is 0 Å². The van der Waals surface area contributed by atoms with Crippen LogP contribution in [0.4, 0.5) is 5.82 Å². The van der Waals surface area contributed by atoms with Gasteiger partial charge in [-0.1, -0.05) is 0 Å². The van der Waals surface area contributed by atoms with Gasteiger partial charge in [-0.3, -0.25) is 14.6 Å². The summed E-state index contributed by atoms with van der Waals surface area (Å²) in [5, 5.41) is 21.5. The lowest BCUT2D eigenvalue weighted by Gasteiger charge is -1.98. The van der Waals surface area contributed by atoms with E-state index in [1.54, 1.807) is 7.05 Å². The van der Waals surface area contributed by atoms with Crippen molar-refractivity contribution >= 4 is 11.7 Å². The Balaban J connectivity index is 2.22. The summed E-state index contributed by atoms with van der Waals surface area (Å²) in [5.41, 5.74) is 0.703. The van der Waals surface area contributed by atoms with E-state index in [1.165, 1.54) is 23.3 Å². The summed E-state index contributed by atoms with van der Waals surface area (Å²) in [6.45, 7) is 0. The number of aromatic nitrogens is 4. The Kier molecular flexibility index (Phi) is 2.39. The fraction of sp³-hybridized carbons (Fsp3) is 0.111. The number of amides is 1.